The normalized spacial score (nSPS) is 47.9. The van der Waals surface area contributed by atoms with E-state index in [-0.39, 0.29) is 28.5 Å². The number of rotatable bonds is 0. The lowest BCUT2D eigenvalue weighted by atomic mass is 9.69. The van der Waals surface area contributed by atoms with Crippen LogP contribution in [0.4, 0.5) is 0 Å². The van der Waals surface area contributed by atoms with E-state index in [1.54, 1.807) is 0 Å². The van der Waals surface area contributed by atoms with Crippen molar-refractivity contribution in [2.45, 2.75) is 115 Å². The first-order chi connectivity index (χ1) is 14.7. The van der Waals surface area contributed by atoms with Crippen LogP contribution in [0.25, 0.3) is 0 Å². The van der Waals surface area contributed by atoms with Gasteiger partial charge in [0.1, 0.15) is 0 Å². The van der Waals surface area contributed by atoms with E-state index in [9.17, 15) is 10.2 Å². The van der Waals surface area contributed by atoms with Crippen LogP contribution in [-0.2, 0) is 0 Å². The molecule has 4 saturated carbocycles. The maximum atomic E-state index is 10.7. The predicted molar refractivity (Wildman–Crippen MR) is 127 cm³/mol. The van der Waals surface area contributed by atoms with Gasteiger partial charge in [-0.15, -0.1) is 0 Å². The molecule has 8 atom stereocenters. The fourth-order valence-corrected chi connectivity index (χ4v) is 8.78. The second-order valence-electron chi connectivity index (χ2n) is 11.7. The fourth-order valence-electron chi connectivity index (χ4n) is 8.78. The summed E-state index contributed by atoms with van der Waals surface area (Å²) in [6, 6.07) is 0. The Morgan fingerprint density at radius 3 is 1.42 bits per heavy atom. The topological polar surface area (TPSA) is 72.0 Å². The Morgan fingerprint density at radius 2 is 0.968 bits per heavy atom. The fraction of sp³-hybridized carbons (Fsp3) is 0.857. The van der Waals surface area contributed by atoms with Crippen LogP contribution in [0.15, 0.2) is 24.3 Å². The number of fused-ring (bicyclic) bond motifs is 2. The summed E-state index contributed by atoms with van der Waals surface area (Å²) in [5, 5.41) is 21.3. The van der Waals surface area contributed by atoms with Crippen LogP contribution in [0.5, 0.6) is 0 Å². The zero-order chi connectivity index (χ0) is 20.6. The minimum absolute atomic E-state index is 0. The Kier molecular flexibility index (Phi) is 7.35. The highest BCUT2D eigenvalue weighted by Gasteiger charge is 2.51. The van der Waals surface area contributed by atoms with Crippen molar-refractivity contribution in [1.82, 2.24) is 0 Å². The van der Waals surface area contributed by atoms with Crippen molar-refractivity contribution in [3.63, 3.8) is 0 Å². The maximum absolute atomic E-state index is 10.7. The first-order valence-electron chi connectivity index (χ1n) is 13.4. The molecular weight excluding hydrogens is 384 g/mol. The van der Waals surface area contributed by atoms with E-state index < -0.39 is 0 Å². The maximum Gasteiger partial charge on any atom is 0.0633 e. The smallest absolute Gasteiger partial charge is 0.0633 e. The molecule has 0 aliphatic heterocycles. The quantitative estimate of drug-likeness (QED) is 0.481. The van der Waals surface area contributed by atoms with Crippen molar-refractivity contribution < 1.29 is 15.7 Å². The van der Waals surface area contributed by atoms with E-state index in [2.05, 4.69) is 24.3 Å². The molecule has 0 aromatic carbocycles. The molecule has 6 rings (SSSR count). The third-order valence-corrected chi connectivity index (χ3v) is 10.4. The third kappa shape index (κ3) is 4.08. The van der Waals surface area contributed by atoms with Crippen LogP contribution < -0.4 is 0 Å². The van der Waals surface area contributed by atoms with Crippen molar-refractivity contribution in [1.29, 1.82) is 0 Å². The van der Waals surface area contributed by atoms with Gasteiger partial charge in [0.25, 0.3) is 0 Å². The van der Waals surface area contributed by atoms with Crippen molar-refractivity contribution in [3.05, 3.63) is 24.3 Å². The third-order valence-electron chi connectivity index (χ3n) is 10.4. The Bertz CT molecular complexity index is 601. The number of allylic oxidation sites excluding steroid dienone is 4. The van der Waals surface area contributed by atoms with Gasteiger partial charge < -0.3 is 15.7 Å². The van der Waals surface area contributed by atoms with Crippen molar-refractivity contribution in [2.24, 2.45) is 34.5 Å². The number of aliphatic hydroxyl groups is 2. The SMILES string of the molecule is O.O[C@@H]1[C@H]2CC=C[C@H]3CCC[C@@]13CCCC2.O[C@@H]1[C@H]2CC=C[C@H]3CCC[C@@]13CCCC2. The van der Waals surface area contributed by atoms with Crippen LogP contribution in [0.1, 0.15) is 103 Å². The second kappa shape index (κ2) is 9.69. The summed E-state index contributed by atoms with van der Waals surface area (Å²) in [5.41, 5.74) is 0.572. The zero-order valence-electron chi connectivity index (χ0n) is 19.5. The molecule has 4 fully saturated rings. The molecule has 0 amide bonds. The summed E-state index contributed by atoms with van der Waals surface area (Å²) in [6.07, 6.45) is 30.1. The standard InChI is InChI=1S/2C14H22O.H2O/c2*15-13-11-5-1-2-9-14(13)10-4-8-12(14)7-3-6-11;/h2*3,7,11-13,15H,1-2,4-6,8-10H2;1H2/t2*11-,12+,13-,14-;/m11./s1. The van der Waals surface area contributed by atoms with E-state index in [0.717, 1.165) is 12.8 Å². The number of hydrogen-bond acceptors (Lipinski definition) is 2. The lowest BCUT2D eigenvalue weighted by Gasteiger charge is -2.39. The molecule has 0 heterocycles. The van der Waals surface area contributed by atoms with Gasteiger partial charge in [0.15, 0.2) is 0 Å². The van der Waals surface area contributed by atoms with Crippen molar-refractivity contribution >= 4 is 0 Å². The number of hydrogen-bond donors (Lipinski definition) is 2. The Hall–Kier alpha value is -0.640. The molecule has 6 aliphatic rings. The molecule has 2 spiro atoms. The van der Waals surface area contributed by atoms with E-state index in [1.165, 1.54) is 89.9 Å². The molecule has 0 radical (unpaired) electrons. The van der Waals surface area contributed by atoms with Gasteiger partial charge in [0.05, 0.1) is 12.2 Å². The van der Waals surface area contributed by atoms with Crippen LogP contribution in [0.3, 0.4) is 0 Å². The molecule has 3 heteroatoms. The minimum Gasteiger partial charge on any atom is -0.412 e. The Balaban J connectivity index is 0.000000144. The monoisotopic (exact) mass is 430 g/mol. The van der Waals surface area contributed by atoms with Gasteiger partial charge in [-0.05, 0) is 87.9 Å². The van der Waals surface area contributed by atoms with Crippen LogP contribution in [0, 0.1) is 34.5 Å². The number of aliphatic hydroxyl groups excluding tert-OH is 2. The molecule has 176 valence electrons. The largest absolute Gasteiger partial charge is 0.412 e. The van der Waals surface area contributed by atoms with Crippen molar-refractivity contribution in [3.8, 4) is 0 Å². The highest BCUT2D eigenvalue weighted by atomic mass is 16.3. The zero-order valence-corrected chi connectivity index (χ0v) is 19.5. The highest BCUT2D eigenvalue weighted by Crippen LogP contribution is 2.56. The molecular formula is C28H46O3. The van der Waals surface area contributed by atoms with E-state index >= 15 is 0 Å². The first kappa shape index (κ1) is 23.5. The average Bonchev–Trinajstić information content (AvgIpc) is 3.21. The molecule has 6 aliphatic carbocycles. The van der Waals surface area contributed by atoms with Crippen molar-refractivity contribution in [2.75, 3.05) is 0 Å². The van der Waals surface area contributed by atoms with Gasteiger partial charge in [-0.3, -0.25) is 0 Å². The predicted octanol–water partition coefficient (Wildman–Crippen LogP) is 5.74. The summed E-state index contributed by atoms with van der Waals surface area (Å²) in [5.74, 6) is 2.50. The van der Waals surface area contributed by atoms with Crippen LogP contribution in [-0.4, -0.2) is 27.9 Å². The molecule has 0 aromatic heterocycles. The van der Waals surface area contributed by atoms with Crippen LogP contribution >= 0.6 is 0 Å². The summed E-state index contributed by atoms with van der Waals surface area (Å²) in [6.45, 7) is 0. The summed E-state index contributed by atoms with van der Waals surface area (Å²) in [7, 11) is 0. The molecule has 0 aromatic rings. The molecule has 0 saturated heterocycles. The van der Waals surface area contributed by atoms with Gasteiger partial charge in [-0.2, -0.15) is 0 Å². The summed E-state index contributed by atoms with van der Waals surface area (Å²) >= 11 is 0. The van der Waals surface area contributed by atoms with Gasteiger partial charge in [-0.1, -0.05) is 62.8 Å². The van der Waals surface area contributed by atoms with Gasteiger partial charge in [0.2, 0.25) is 0 Å². The minimum atomic E-state index is -0.0116. The summed E-state index contributed by atoms with van der Waals surface area (Å²) < 4.78 is 0. The van der Waals surface area contributed by atoms with E-state index in [1.807, 2.05) is 0 Å². The molecule has 4 N–H and O–H groups in total. The average molecular weight is 431 g/mol. The van der Waals surface area contributed by atoms with Gasteiger partial charge >= 0.3 is 0 Å². The van der Waals surface area contributed by atoms with Gasteiger partial charge in [-0.25, -0.2) is 0 Å². The lowest BCUT2D eigenvalue weighted by Crippen LogP contribution is -2.40. The van der Waals surface area contributed by atoms with E-state index in [0.29, 0.717) is 23.7 Å². The highest BCUT2D eigenvalue weighted by molar-refractivity contribution is 5.12. The molecule has 4 bridgehead atoms. The van der Waals surface area contributed by atoms with E-state index in [4.69, 9.17) is 0 Å². The summed E-state index contributed by atoms with van der Waals surface area (Å²) in [4.78, 5) is 0. The molecule has 31 heavy (non-hydrogen) atoms. The Labute approximate surface area is 189 Å². The first-order valence-corrected chi connectivity index (χ1v) is 13.4. The van der Waals surface area contributed by atoms with Crippen LogP contribution in [0.2, 0.25) is 0 Å². The molecule has 3 nitrogen and oxygen atoms in total. The lowest BCUT2D eigenvalue weighted by molar-refractivity contribution is -0.0277. The molecule has 0 unspecified atom stereocenters. The second-order valence-corrected chi connectivity index (χ2v) is 11.7. The Morgan fingerprint density at radius 1 is 0.548 bits per heavy atom. The van der Waals surface area contributed by atoms with Gasteiger partial charge in [0, 0.05) is 10.8 Å².